The summed E-state index contributed by atoms with van der Waals surface area (Å²) in [7, 11) is 0. The minimum Gasteiger partial charge on any atom is -0.419 e. The lowest BCUT2D eigenvalue weighted by Crippen LogP contribution is -2.44. The van der Waals surface area contributed by atoms with Gasteiger partial charge in [0.25, 0.3) is 0 Å². The van der Waals surface area contributed by atoms with Gasteiger partial charge in [-0.05, 0) is 67.6 Å². The molecule has 0 aliphatic rings. The van der Waals surface area contributed by atoms with Gasteiger partial charge in [-0.2, -0.15) is 0 Å². The number of aliphatic hydroxyl groups is 1. The first-order chi connectivity index (χ1) is 17.4. The fraction of sp³-hybridized carbons (Fsp3) is 0.355. The van der Waals surface area contributed by atoms with Crippen molar-refractivity contribution in [3.63, 3.8) is 0 Å². The topological polar surface area (TPSA) is 98.9 Å². The molecule has 3 aromatic rings. The number of hydrogen-bond donors (Lipinski definition) is 2. The fourth-order valence-corrected chi connectivity index (χ4v) is 4.13. The zero-order chi connectivity index (χ0) is 27.3. The second kappa shape index (κ2) is 11.7. The third kappa shape index (κ3) is 7.06. The third-order valence-electron chi connectivity index (χ3n) is 6.63. The van der Waals surface area contributed by atoms with Crippen molar-refractivity contribution in [2.24, 2.45) is 17.1 Å². The van der Waals surface area contributed by atoms with E-state index in [9.17, 15) is 14.7 Å². The van der Waals surface area contributed by atoms with Crippen molar-refractivity contribution < 1.29 is 24.2 Å². The smallest absolute Gasteiger partial charge is 0.343 e. The van der Waals surface area contributed by atoms with Crippen LogP contribution in [-0.2, 0) is 0 Å². The minimum absolute atomic E-state index is 0.0433. The van der Waals surface area contributed by atoms with Gasteiger partial charge in [-0.25, -0.2) is 9.59 Å². The number of nitrogens with two attached hydrogens (primary N) is 1. The van der Waals surface area contributed by atoms with Crippen LogP contribution in [0.5, 0.6) is 11.5 Å². The van der Waals surface area contributed by atoms with Gasteiger partial charge in [0.15, 0.2) is 11.5 Å². The first-order valence-corrected chi connectivity index (χ1v) is 12.6. The monoisotopic (exact) mass is 503 g/mol. The van der Waals surface area contributed by atoms with Crippen LogP contribution in [0.2, 0.25) is 0 Å². The van der Waals surface area contributed by atoms with Gasteiger partial charge >= 0.3 is 11.9 Å². The number of benzene rings is 3. The van der Waals surface area contributed by atoms with E-state index in [0.717, 1.165) is 11.1 Å². The van der Waals surface area contributed by atoms with Gasteiger partial charge in [0, 0.05) is 12.0 Å². The number of hydrogen-bond acceptors (Lipinski definition) is 6. The van der Waals surface area contributed by atoms with Gasteiger partial charge in [0.2, 0.25) is 0 Å². The van der Waals surface area contributed by atoms with Crippen molar-refractivity contribution >= 4 is 11.9 Å². The van der Waals surface area contributed by atoms with Crippen LogP contribution >= 0.6 is 0 Å². The number of rotatable bonds is 8. The summed E-state index contributed by atoms with van der Waals surface area (Å²) in [6.07, 6.45) is -0.250. The highest BCUT2D eigenvalue weighted by Gasteiger charge is 2.33. The molecule has 0 aliphatic heterocycles. The maximum atomic E-state index is 12.9. The molecule has 3 unspecified atom stereocenters. The Morgan fingerprint density at radius 1 is 0.811 bits per heavy atom. The summed E-state index contributed by atoms with van der Waals surface area (Å²) in [6.45, 7) is 11.9. The number of aryl methyl sites for hydroxylation is 2. The van der Waals surface area contributed by atoms with Crippen LogP contribution in [0.1, 0.15) is 77.6 Å². The molecule has 0 fully saturated rings. The molecule has 6 nitrogen and oxygen atoms in total. The predicted molar refractivity (Wildman–Crippen MR) is 145 cm³/mol. The van der Waals surface area contributed by atoms with Crippen LogP contribution in [0.3, 0.4) is 0 Å². The molecule has 0 radical (unpaired) electrons. The number of carbonyl (C=O) groups excluding carboxylic acids is 2. The Hall–Kier alpha value is -3.48. The first kappa shape index (κ1) is 28.1. The van der Waals surface area contributed by atoms with Crippen molar-refractivity contribution in [3.8, 4) is 11.5 Å². The Morgan fingerprint density at radius 3 is 1.70 bits per heavy atom. The zero-order valence-electron chi connectivity index (χ0n) is 22.4. The molecule has 0 aromatic heterocycles. The predicted octanol–water partition coefficient (Wildman–Crippen LogP) is 6.17. The number of ether oxygens (including phenoxy) is 2. The Labute approximate surface area is 219 Å². The summed E-state index contributed by atoms with van der Waals surface area (Å²) >= 11 is 0. The average Bonchev–Trinajstić information content (AvgIpc) is 2.85. The van der Waals surface area contributed by atoms with Crippen molar-refractivity contribution in [1.29, 1.82) is 0 Å². The molecule has 0 saturated carbocycles. The maximum absolute atomic E-state index is 12.9. The quantitative estimate of drug-likeness (QED) is 0.282. The number of carbonyl (C=O) groups is 2. The van der Waals surface area contributed by atoms with E-state index in [4.69, 9.17) is 15.2 Å². The van der Waals surface area contributed by atoms with E-state index in [2.05, 4.69) is 0 Å². The van der Waals surface area contributed by atoms with E-state index in [1.54, 1.807) is 36.4 Å². The molecule has 0 heterocycles. The van der Waals surface area contributed by atoms with Gasteiger partial charge in [-0.15, -0.1) is 0 Å². The second-order valence-corrected chi connectivity index (χ2v) is 10.6. The Bertz CT molecular complexity index is 1230. The van der Waals surface area contributed by atoms with E-state index in [0.29, 0.717) is 23.1 Å². The summed E-state index contributed by atoms with van der Waals surface area (Å²) in [5.41, 5.74) is 9.56. The Morgan fingerprint density at radius 2 is 1.27 bits per heavy atom. The van der Waals surface area contributed by atoms with E-state index in [-0.39, 0.29) is 28.9 Å². The third-order valence-corrected chi connectivity index (χ3v) is 6.63. The minimum atomic E-state index is -0.905. The van der Waals surface area contributed by atoms with Gasteiger partial charge < -0.3 is 20.3 Å². The van der Waals surface area contributed by atoms with Crippen LogP contribution in [0.25, 0.3) is 0 Å². The molecule has 6 heteroatoms. The van der Waals surface area contributed by atoms with Gasteiger partial charge in [0.1, 0.15) is 0 Å². The van der Waals surface area contributed by atoms with Gasteiger partial charge in [0.05, 0.1) is 17.2 Å². The van der Waals surface area contributed by atoms with Crippen molar-refractivity contribution in [2.75, 3.05) is 0 Å². The maximum Gasteiger partial charge on any atom is 0.343 e. The average molecular weight is 504 g/mol. The molecule has 196 valence electrons. The SMILES string of the molecule is CCC(C(O)c1ccc(OC(=O)c2ccc(C)cc2)c(OC(=O)c2ccc(C)cc2)c1)C(N)C(C)(C)C. The Kier molecular flexibility index (Phi) is 8.89. The highest BCUT2D eigenvalue weighted by Crippen LogP contribution is 2.38. The number of esters is 2. The summed E-state index contributed by atoms with van der Waals surface area (Å²) in [4.78, 5) is 25.8. The van der Waals surface area contributed by atoms with Crippen LogP contribution < -0.4 is 15.2 Å². The van der Waals surface area contributed by atoms with Crippen molar-refractivity contribution in [2.45, 2.75) is 60.1 Å². The van der Waals surface area contributed by atoms with Crippen LogP contribution in [0.15, 0.2) is 66.7 Å². The fourth-order valence-electron chi connectivity index (χ4n) is 4.13. The normalized spacial score (nSPS) is 13.9. The van der Waals surface area contributed by atoms with Gasteiger partial charge in [-0.3, -0.25) is 0 Å². The molecule has 0 amide bonds. The highest BCUT2D eigenvalue weighted by molar-refractivity contribution is 5.93. The molecular formula is C31H37NO5. The molecule has 37 heavy (non-hydrogen) atoms. The summed E-state index contributed by atoms with van der Waals surface area (Å²) in [5.74, 6) is -1.29. The van der Waals surface area contributed by atoms with E-state index < -0.39 is 18.0 Å². The van der Waals surface area contributed by atoms with Gasteiger partial charge in [-0.1, -0.05) is 69.2 Å². The lowest BCUT2D eigenvalue weighted by atomic mass is 9.75. The summed E-state index contributed by atoms with van der Waals surface area (Å²) in [5, 5.41) is 11.3. The Balaban J connectivity index is 1.97. The van der Waals surface area contributed by atoms with E-state index in [1.807, 2.05) is 65.8 Å². The van der Waals surface area contributed by atoms with Crippen LogP contribution in [0.4, 0.5) is 0 Å². The van der Waals surface area contributed by atoms with E-state index in [1.165, 1.54) is 6.07 Å². The zero-order valence-corrected chi connectivity index (χ0v) is 22.4. The second-order valence-electron chi connectivity index (χ2n) is 10.6. The van der Waals surface area contributed by atoms with Crippen molar-refractivity contribution in [1.82, 2.24) is 0 Å². The molecule has 3 aromatic carbocycles. The standard InChI is InChI=1S/C31H37NO5/c1-7-24(28(32)31(4,5)6)27(33)23-16-17-25(36-29(34)21-12-8-19(2)9-13-21)26(18-23)37-30(35)22-14-10-20(3)11-15-22/h8-18,24,27-28,33H,7,32H2,1-6H3. The summed E-state index contributed by atoms with van der Waals surface area (Å²) in [6, 6.07) is 18.4. The lowest BCUT2D eigenvalue weighted by molar-refractivity contribution is 0.0602. The van der Waals surface area contributed by atoms with E-state index >= 15 is 0 Å². The lowest BCUT2D eigenvalue weighted by Gasteiger charge is -2.36. The summed E-state index contributed by atoms with van der Waals surface area (Å²) < 4.78 is 11.3. The molecule has 3 rings (SSSR count). The molecule has 3 atom stereocenters. The van der Waals surface area contributed by atoms with Crippen LogP contribution in [0, 0.1) is 25.2 Å². The molecule has 0 spiro atoms. The van der Waals surface area contributed by atoms with Crippen LogP contribution in [-0.4, -0.2) is 23.1 Å². The van der Waals surface area contributed by atoms with Crippen molar-refractivity contribution in [3.05, 3.63) is 94.5 Å². The molecular weight excluding hydrogens is 466 g/mol. The molecule has 0 bridgehead atoms. The molecule has 3 N–H and O–H groups in total. The molecule has 0 aliphatic carbocycles. The molecule has 0 saturated heterocycles. The largest absolute Gasteiger partial charge is 0.419 e. The highest BCUT2D eigenvalue weighted by atomic mass is 16.6. The number of aliphatic hydroxyl groups excluding tert-OH is 1. The first-order valence-electron chi connectivity index (χ1n) is 12.6.